The second-order valence-corrected chi connectivity index (χ2v) is 12.5. The molecule has 38 heavy (non-hydrogen) atoms. The van der Waals surface area contributed by atoms with Gasteiger partial charge in [0.25, 0.3) is 0 Å². The number of aromatic nitrogens is 2. The molecular formula is C27H34ClN5O4S. The summed E-state index contributed by atoms with van der Waals surface area (Å²) in [6.45, 7) is 2.77. The van der Waals surface area contributed by atoms with Crippen LogP contribution in [0.5, 0.6) is 0 Å². The van der Waals surface area contributed by atoms with E-state index in [1.54, 1.807) is 19.2 Å². The average molecular weight is 560 g/mol. The van der Waals surface area contributed by atoms with Crippen LogP contribution >= 0.6 is 11.6 Å². The standard InChI is InChI=1S/C27H34ClN5O4S/c1-37-14-6-13-33-25-11-3-2-10-24(25)30-26(33)19-7-5-12-31(16-19)27(34)22-17-32(18-23(22)29)38(35,36)21-9-4-8-20(28)15-21/h2-4,8-11,15,19,22-23H,5-7,12-14,16-18,29H2,1H3/t19-,22-,23-/m1/s1. The van der Waals surface area contributed by atoms with Crippen molar-refractivity contribution in [2.45, 2.75) is 42.7 Å². The summed E-state index contributed by atoms with van der Waals surface area (Å²) in [7, 11) is -2.10. The van der Waals surface area contributed by atoms with Crippen LogP contribution in [0.4, 0.5) is 0 Å². The average Bonchev–Trinajstić information content (AvgIpc) is 3.50. The Hall–Kier alpha value is -2.50. The lowest BCUT2D eigenvalue weighted by Gasteiger charge is -2.35. The summed E-state index contributed by atoms with van der Waals surface area (Å²) in [6.07, 6.45) is 2.65. The highest BCUT2D eigenvalue weighted by Crippen LogP contribution is 2.32. The Kier molecular flexibility index (Phi) is 8.06. The third-order valence-electron chi connectivity index (χ3n) is 7.60. The van der Waals surface area contributed by atoms with Crippen molar-refractivity contribution >= 4 is 38.6 Å². The normalized spacial score (nSPS) is 22.8. The summed E-state index contributed by atoms with van der Waals surface area (Å²) in [6, 6.07) is 13.7. The van der Waals surface area contributed by atoms with Crippen LogP contribution in [0, 0.1) is 5.92 Å². The van der Waals surface area contributed by atoms with Gasteiger partial charge >= 0.3 is 0 Å². The third kappa shape index (κ3) is 5.33. The van der Waals surface area contributed by atoms with Crippen LogP contribution in [0.25, 0.3) is 11.0 Å². The predicted molar refractivity (Wildman–Crippen MR) is 146 cm³/mol. The number of aryl methyl sites for hydroxylation is 1. The van der Waals surface area contributed by atoms with Gasteiger partial charge in [0.15, 0.2) is 0 Å². The van der Waals surface area contributed by atoms with E-state index in [4.69, 9.17) is 27.1 Å². The largest absolute Gasteiger partial charge is 0.385 e. The molecule has 0 aliphatic carbocycles. The fourth-order valence-corrected chi connectivity index (χ4v) is 7.46. The number of nitrogens with two attached hydrogens (primary N) is 1. The number of piperidine rings is 1. The smallest absolute Gasteiger partial charge is 0.243 e. The molecule has 2 aliphatic rings. The molecule has 0 bridgehead atoms. The van der Waals surface area contributed by atoms with Crippen molar-refractivity contribution in [1.29, 1.82) is 0 Å². The van der Waals surface area contributed by atoms with Crippen LogP contribution in [0.15, 0.2) is 53.4 Å². The van der Waals surface area contributed by atoms with Gasteiger partial charge < -0.3 is 19.9 Å². The minimum Gasteiger partial charge on any atom is -0.385 e. The van der Waals surface area contributed by atoms with E-state index >= 15 is 0 Å². The Balaban J connectivity index is 1.33. The lowest BCUT2D eigenvalue weighted by molar-refractivity contribution is -0.136. The highest BCUT2D eigenvalue weighted by molar-refractivity contribution is 7.89. The zero-order valence-electron chi connectivity index (χ0n) is 21.5. The number of halogens is 1. The maximum atomic E-state index is 13.7. The Bertz CT molecular complexity index is 1410. The van der Waals surface area contributed by atoms with Crippen LogP contribution in [-0.4, -0.2) is 79.0 Å². The molecule has 2 fully saturated rings. The van der Waals surface area contributed by atoms with E-state index in [0.29, 0.717) is 24.7 Å². The summed E-state index contributed by atoms with van der Waals surface area (Å²) in [4.78, 5) is 20.6. The highest BCUT2D eigenvalue weighted by atomic mass is 35.5. The summed E-state index contributed by atoms with van der Waals surface area (Å²) >= 11 is 6.02. The zero-order valence-corrected chi connectivity index (χ0v) is 23.1. The SMILES string of the molecule is COCCCn1c([C@@H]2CCCN(C(=O)[C@@H]3CN(S(=O)(=O)c4cccc(Cl)c4)C[C@H]3N)C2)nc2ccccc21. The molecule has 2 N–H and O–H groups in total. The van der Waals surface area contributed by atoms with Crippen molar-refractivity contribution in [3.05, 3.63) is 59.4 Å². The number of carbonyl (C=O) groups is 1. The number of carbonyl (C=O) groups excluding carboxylic acids is 1. The Morgan fingerprint density at radius 2 is 1.97 bits per heavy atom. The number of imidazole rings is 1. The van der Waals surface area contributed by atoms with Gasteiger partial charge in [0.1, 0.15) is 5.82 Å². The second-order valence-electron chi connectivity index (χ2n) is 10.1. The topological polar surface area (TPSA) is 111 Å². The lowest BCUT2D eigenvalue weighted by Crippen LogP contribution is -2.47. The molecule has 1 amide bonds. The van der Waals surface area contributed by atoms with Gasteiger partial charge in [-0.3, -0.25) is 4.79 Å². The molecule has 11 heteroatoms. The number of benzene rings is 2. The fraction of sp³-hybridized carbons (Fsp3) is 0.481. The molecule has 2 aromatic carbocycles. The van der Waals surface area contributed by atoms with Crippen LogP contribution in [0.1, 0.15) is 31.0 Å². The van der Waals surface area contributed by atoms with E-state index in [1.807, 2.05) is 23.1 Å². The number of para-hydroxylation sites is 2. The van der Waals surface area contributed by atoms with Gasteiger partial charge in [-0.2, -0.15) is 4.31 Å². The van der Waals surface area contributed by atoms with E-state index < -0.39 is 22.0 Å². The van der Waals surface area contributed by atoms with Crippen LogP contribution in [-0.2, 0) is 26.1 Å². The number of fused-ring (bicyclic) bond motifs is 1. The number of ether oxygens (including phenoxy) is 1. The van der Waals surface area contributed by atoms with Crippen molar-refractivity contribution in [3.63, 3.8) is 0 Å². The van der Waals surface area contributed by atoms with Crippen molar-refractivity contribution in [2.24, 2.45) is 11.7 Å². The number of sulfonamides is 1. The number of hydrogen-bond acceptors (Lipinski definition) is 6. The first kappa shape index (κ1) is 27.1. The van der Waals surface area contributed by atoms with Crippen LogP contribution in [0.3, 0.4) is 0 Å². The summed E-state index contributed by atoms with van der Waals surface area (Å²) < 4.78 is 35.3. The van der Waals surface area contributed by atoms with Crippen LogP contribution < -0.4 is 5.73 Å². The van der Waals surface area contributed by atoms with Gasteiger partial charge in [-0.15, -0.1) is 0 Å². The fourth-order valence-electron chi connectivity index (χ4n) is 5.66. The highest BCUT2D eigenvalue weighted by Gasteiger charge is 2.43. The first-order valence-corrected chi connectivity index (χ1v) is 14.9. The molecule has 0 radical (unpaired) electrons. The lowest BCUT2D eigenvalue weighted by atomic mass is 9.94. The van der Waals surface area contributed by atoms with Crippen molar-refractivity contribution in [2.75, 3.05) is 39.9 Å². The van der Waals surface area contributed by atoms with Crippen molar-refractivity contribution in [3.8, 4) is 0 Å². The molecule has 204 valence electrons. The minimum atomic E-state index is -3.80. The zero-order chi connectivity index (χ0) is 26.9. The van der Waals surface area contributed by atoms with Gasteiger partial charge in [0.2, 0.25) is 15.9 Å². The second kappa shape index (κ2) is 11.3. The first-order chi connectivity index (χ1) is 18.3. The molecule has 2 aliphatic heterocycles. The molecule has 3 heterocycles. The van der Waals surface area contributed by atoms with E-state index in [-0.39, 0.29) is 29.8 Å². The molecule has 0 unspecified atom stereocenters. The monoisotopic (exact) mass is 559 g/mol. The Morgan fingerprint density at radius 1 is 1.16 bits per heavy atom. The predicted octanol–water partition coefficient (Wildman–Crippen LogP) is 3.08. The first-order valence-electron chi connectivity index (χ1n) is 13.0. The molecule has 0 saturated carbocycles. The maximum absolute atomic E-state index is 13.7. The van der Waals surface area contributed by atoms with E-state index in [1.165, 1.54) is 16.4 Å². The summed E-state index contributed by atoms with van der Waals surface area (Å²) in [5.74, 6) is 0.392. The van der Waals surface area contributed by atoms with Gasteiger partial charge in [0, 0.05) is 63.4 Å². The van der Waals surface area contributed by atoms with Gasteiger partial charge in [-0.25, -0.2) is 13.4 Å². The molecule has 0 spiro atoms. The maximum Gasteiger partial charge on any atom is 0.243 e. The minimum absolute atomic E-state index is 0.0611. The number of rotatable bonds is 8. The number of hydrogen-bond donors (Lipinski definition) is 1. The van der Waals surface area contributed by atoms with Crippen molar-refractivity contribution < 1.29 is 17.9 Å². The van der Waals surface area contributed by atoms with Gasteiger partial charge in [-0.1, -0.05) is 29.8 Å². The van der Waals surface area contributed by atoms with Gasteiger partial charge in [-0.05, 0) is 49.6 Å². The molecule has 2 saturated heterocycles. The number of amides is 1. The molecular weight excluding hydrogens is 526 g/mol. The Morgan fingerprint density at radius 3 is 2.76 bits per heavy atom. The number of nitrogens with zero attached hydrogens (tertiary/aromatic N) is 4. The quantitative estimate of drug-likeness (QED) is 0.425. The van der Waals surface area contributed by atoms with Crippen LogP contribution in [0.2, 0.25) is 5.02 Å². The van der Waals surface area contributed by atoms with Gasteiger partial charge in [0.05, 0.1) is 21.8 Å². The molecule has 3 aromatic rings. The summed E-state index contributed by atoms with van der Waals surface area (Å²) in [5, 5.41) is 0.342. The number of likely N-dealkylation sites (tertiary alicyclic amines) is 1. The third-order valence-corrected chi connectivity index (χ3v) is 9.66. The number of methoxy groups -OCH3 is 1. The molecule has 5 rings (SSSR count). The molecule has 1 aromatic heterocycles. The molecule has 9 nitrogen and oxygen atoms in total. The molecule has 3 atom stereocenters. The summed E-state index contributed by atoms with van der Waals surface area (Å²) in [5.41, 5.74) is 8.39. The van der Waals surface area contributed by atoms with E-state index in [0.717, 1.165) is 42.7 Å². The van der Waals surface area contributed by atoms with E-state index in [9.17, 15) is 13.2 Å². The van der Waals surface area contributed by atoms with Crippen molar-refractivity contribution in [1.82, 2.24) is 18.8 Å². The van der Waals surface area contributed by atoms with E-state index in [2.05, 4.69) is 10.6 Å². The Labute approximate surface area is 228 Å².